The fourth-order valence-electron chi connectivity index (χ4n) is 4.11. The van der Waals surface area contributed by atoms with Crippen LogP contribution < -0.4 is 5.32 Å². The highest BCUT2D eigenvalue weighted by molar-refractivity contribution is 7.18. The first-order valence-electron chi connectivity index (χ1n) is 11.8. The maximum atomic E-state index is 13.7. The lowest BCUT2D eigenvalue weighted by molar-refractivity contribution is 0.0601. The van der Waals surface area contributed by atoms with Crippen molar-refractivity contribution in [1.82, 2.24) is 9.88 Å². The van der Waals surface area contributed by atoms with Crippen LogP contribution >= 0.6 is 22.9 Å². The van der Waals surface area contributed by atoms with Gasteiger partial charge in [-0.05, 0) is 50.6 Å². The third-order valence-corrected chi connectivity index (χ3v) is 7.56. The number of anilines is 1. The lowest BCUT2D eigenvalue weighted by Crippen LogP contribution is -2.30. The topological polar surface area (TPSA) is 88.6 Å². The molecule has 0 spiro atoms. The minimum atomic E-state index is -0.621. The maximum Gasteiger partial charge on any atom is 0.341 e. The number of benzene rings is 2. The highest BCUT2D eigenvalue weighted by Gasteiger charge is 2.28. The van der Waals surface area contributed by atoms with Crippen LogP contribution in [-0.4, -0.2) is 47.9 Å². The Balaban J connectivity index is 1.80. The lowest BCUT2D eigenvalue weighted by atomic mass is 10.0. The average molecular weight is 536 g/mol. The monoisotopic (exact) mass is 535 g/mol. The Hall–Kier alpha value is -3.75. The van der Waals surface area contributed by atoms with Crippen molar-refractivity contribution < 1.29 is 19.1 Å². The molecule has 2 amide bonds. The molecular formula is C28H26ClN3O4S. The molecule has 0 atom stereocenters. The molecule has 0 saturated carbocycles. The maximum absolute atomic E-state index is 13.7. The van der Waals surface area contributed by atoms with Crippen molar-refractivity contribution in [2.24, 2.45) is 0 Å². The van der Waals surface area contributed by atoms with E-state index in [0.717, 1.165) is 16.9 Å². The molecule has 2 aromatic heterocycles. The van der Waals surface area contributed by atoms with Gasteiger partial charge in [0.15, 0.2) is 0 Å². The number of methoxy groups -OCH3 is 1. The van der Waals surface area contributed by atoms with Gasteiger partial charge in [0.05, 0.1) is 34.3 Å². The van der Waals surface area contributed by atoms with E-state index in [1.54, 1.807) is 30.0 Å². The molecule has 1 N–H and O–H groups in total. The number of amides is 2. The smallest absolute Gasteiger partial charge is 0.341 e. The molecule has 0 aliphatic heterocycles. The van der Waals surface area contributed by atoms with E-state index >= 15 is 0 Å². The third-order valence-electron chi connectivity index (χ3n) is 6.11. The van der Waals surface area contributed by atoms with E-state index in [1.165, 1.54) is 7.11 Å². The Labute approximate surface area is 224 Å². The molecule has 0 aliphatic rings. The van der Waals surface area contributed by atoms with Gasteiger partial charge in [-0.3, -0.25) is 9.59 Å². The summed E-state index contributed by atoms with van der Waals surface area (Å²) < 4.78 is 4.98. The molecule has 0 aliphatic carbocycles. The fourth-order valence-corrected chi connectivity index (χ4v) is 5.39. The number of carbonyl (C=O) groups excluding carboxylic acids is 3. The van der Waals surface area contributed by atoms with Gasteiger partial charge in [-0.1, -0.05) is 41.9 Å². The SMILES string of the molecule is CCN(CC)C(=O)c1sc(NC(=O)c2cc(-c3ccc(Cl)cc3)nc3ccccc23)c(C(=O)OC)c1C. The normalized spacial score (nSPS) is 10.8. The zero-order valence-corrected chi connectivity index (χ0v) is 22.5. The Morgan fingerprint density at radius 2 is 1.73 bits per heavy atom. The van der Waals surface area contributed by atoms with Crippen LogP contribution in [0.4, 0.5) is 5.00 Å². The van der Waals surface area contributed by atoms with E-state index in [4.69, 9.17) is 21.3 Å². The molecule has 7 nitrogen and oxygen atoms in total. The van der Waals surface area contributed by atoms with E-state index in [-0.39, 0.29) is 16.5 Å². The van der Waals surface area contributed by atoms with Gasteiger partial charge in [0, 0.05) is 29.1 Å². The summed E-state index contributed by atoms with van der Waals surface area (Å²) in [5.74, 6) is -1.25. The molecule has 37 heavy (non-hydrogen) atoms. The molecule has 2 aromatic carbocycles. The number of para-hydroxylation sites is 1. The Kier molecular flexibility index (Phi) is 7.90. The summed E-state index contributed by atoms with van der Waals surface area (Å²) in [6, 6.07) is 16.2. The Morgan fingerprint density at radius 1 is 1.05 bits per heavy atom. The van der Waals surface area contributed by atoms with Crippen LogP contribution in [0.2, 0.25) is 5.02 Å². The number of carbonyl (C=O) groups is 3. The molecule has 0 fully saturated rings. The first kappa shape index (κ1) is 26.3. The summed E-state index contributed by atoms with van der Waals surface area (Å²) in [7, 11) is 1.27. The number of nitrogens with zero attached hydrogens (tertiary/aromatic N) is 2. The molecule has 4 rings (SSSR count). The van der Waals surface area contributed by atoms with E-state index < -0.39 is 11.9 Å². The standard InChI is InChI=1S/C28H26ClN3O4S/c1-5-32(6-2)27(34)24-16(3)23(28(35)36-4)26(37-24)31-25(33)20-15-22(17-11-13-18(29)14-12-17)30-21-10-8-7-9-19(20)21/h7-15H,5-6H2,1-4H3,(H,31,33). The molecule has 4 aromatic rings. The number of ether oxygens (including phenoxy) is 1. The second kappa shape index (κ2) is 11.1. The van der Waals surface area contributed by atoms with Crippen molar-refractivity contribution in [2.45, 2.75) is 20.8 Å². The summed E-state index contributed by atoms with van der Waals surface area (Å²) in [5, 5.41) is 4.39. The quantitative estimate of drug-likeness (QED) is 0.275. The number of pyridine rings is 1. The molecule has 0 unspecified atom stereocenters. The zero-order valence-electron chi connectivity index (χ0n) is 20.9. The second-order valence-corrected chi connectivity index (χ2v) is 9.72. The van der Waals surface area contributed by atoms with E-state index in [2.05, 4.69) is 5.32 Å². The molecule has 0 radical (unpaired) electrons. The molecule has 0 saturated heterocycles. The molecule has 0 bridgehead atoms. The van der Waals surface area contributed by atoms with Gasteiger partial charge >= 0.3 is 5.97 Å². The molecular weight excluding hydrogens is 510 g/mol. The largest absolute Gasteiger partial charge is 0.465 e. The number of thiophene rings is 1. The number of halogens is 1. The predicted molar refractivity (Wildman–Crippen MR) is 148 cm³/mol. The summed E-state index contributed by atoms with van der Waals surface area (Å²) in [4.78, 5) is 46.2. The number of fused-ring (bicyclic) bond motifs is 1. The van der Waals surface area contributed by atoms with Crippen molar-refractivity contribution in [2.75, 3.05) is 25.5 Å². The highest BCUT2D eigenvalue weighted by atomic mass is 35.5. The van der Waals surface area contributed by atoms with Gasteiger partial charge < -0.3 is 15.0 Å². The highest BCUT2D eigenvalue weighted by Crippen LogP contribution is 2.35. The summed E-state index contributed by atoms with van der Waals surface area (Å²) in [6.07, 6.45) is 0. The van der Waals surface area contributed by atoms with Crippen LogP contribution in [-0.2, 0) is 4.74 Å². The van der Waals surface area contributed by atoms with Gasteiger partial charge in [-0.25, -0.2) is 9.78 Å². The fraction of sp³-hybridized carbons (Fsp3) is 0.214. The molecule has 2 heterocycles. The summed E-state index contributed by atoms with van der Waals surface area (Å²) in [6.45, 7) is 6.52. The first-order chi connectivity index (χ1) is 17.8. The van der Waals surface area contributed by atoms with Crippen LogP contribution in [0.15, 0.2) is 54.6 Å². The lowest BCUT2D eigenvalue weighted by Gasteiger charge is -2.17. The van der Waals surface area contributed by atoms with Crippen LogP contribution in [0.1, 0.15) is 49.8 Å². The predicted octanol–water partition coefficient (Wildman–Crippen LogP) is 6.45. The first-order valence-corrected chi connectivity index (χ1v) is 13.0. The van der Waals surface area contributed by atoms with Gasteiger partial charge in [0.1, 0.15) is 5.00 Å². The van der Waals surface area contributed by atoms with E-state index in [9.17, 15) is 14.4 Å². The van der Waals surface area contributed by atoms with E-state index in [0.29, 0.717) is 50.7 Å². The van der Waals surface area contributed by atoms with Crippen molar-refractivity contribution in [3.8, 4) is 11.3 Å². The number of hydrogen-bond donors (Lipinski definition) is 1. The van der Waals surface area contributed by atoms with Gasteiger partial charge in [-0.2, -0.15) is 0 Å². The summed E-state index contributed by atoms with van der Waals surface area (Å²) in [5.41, 5.74) is 3.09. The number of rotatable bonds is 7. The zero-order chi connectivity index (χ0) is 26.7. The van der Waals surface area contributed by atoms with Crippen LogP contribution in [0.5, 0.6) is 0 Å². The average Bonchev–Trinajstić information content (AvgIpc) is 3.23. The van der Waals surface area contributed by atoms with Crippen molar-refractivity contribution in [3.05, 3.63) is 81.2 Å². The van der Waals surface area contributed by atoms with Crippen molar-refractivity contribution >= 4 is 56.6 Å². The Morgan fingerprint density at radius 3 is 2.38 bits per heavy atom. The second-order valence-electron chi connectivity index (χ2n) is 8.26. The van der Waals surface area contributed by atoms with Crippen LogP contribution in [0.3, 0.4) is 0 Å². The summed E-state index contributed by atoms with van der Waals surface area (Å²) >= 11 is 7.12. The number of aromatic nitrogens is 1. The van der Waals surface area contributed by atoms with Gasteiger partial charge in [-0.15, -0.1) is 11.3 Å². The van der Waals surface area contributed by atoms with Crippen LogP contribution in [0, 0.1) is 6.92 Å². The third kappa shape index (κ3) is 5.21. The number of esters is 1. The van der Waals surface area contributed by atoms with Crippen molar-refractivity contribution in [1.29, 1.82) is 0 Å². The van der Waals surface area contributed by atoms with Crippen molar-refractivity contribution in [3.63, 3.8) is 0 Å². The Bertz CT molecular complexity index is 1490. The minimum Gasteiger partial charge on any atom is -0.465 e. The minimum absolute atomic E-state index is 0.174. The van der Waals surface area contributed by atoms with Gasteiger partial charge in [0.2, 0.25) is 0 Å². The number of nitrogens with one attached hydrogen (secondary N) is 1. The van der Waals surface area contributed by atoms with Crippen LogP contribution in [0.25, 0.3) is 22.2 Å². The number of hydrogen-bond acceptors (Lipinski definition) is 6. The molecule has 9 heteroatoms. The van der Waals surface area contributed by atoms with E-state index in [1.807, 2.05) is 50.2 Å². The molecule has 190 valence electrons. The van der Waals surface area contributed by atoms with Gasteiger partial charge in [0.25, 0.3) is 11.8 Å².